The Hall–Kier alpha value is -0.780. The summed E-state index contributed by atoms with van der Waals surface area (Å²) in [5.74, 6) is 1.70. The molecule has 0 radical (unpaired) electrons. The van der Waals surface area contributed by atoms with Crippen molar-refractivity contribution in [2.75, 3.05) is 25.6 Å². The van der Waals surface area contributed by atoms with Crippen molar-refractivity contribution in [3.63, 3.8) is 0 Å². The molecule has 2 N–H and O–H groups in total. The largest absolute Gasteiger partial charge is 0.356 e. The molecule has 0 aromatic heterocycles. The van der Waals surface area contributed by atoms with E-state index in [2.05, 4.69) is 29.5 Å². The zero-order valence-electron chi connectivity index (χ0n) is 13.6. The predicted octanol–water partition coefficient (Wildman–Crippen LogP) is 1.80. The summed E-state index contributed by atoms with van der Waals surface area (Å²) in [7, 11) is -1.17. The molecule has 6 heteroatoms. The lowest BCUT2D eigenvalue weighted by Crippen LogP contribution is -2.43. The molecule has 0 aliphatic rings. The van der Waals surface area contributed by atoms with Gasteiger partial charge < -0.3 is 10.6 Å². The quantitative estimate of drug-likeness (QED) is 0.387. The van der Waals surface area contributed by atoms with Crippen molar-refractivity contribution >= 4 is 15.8 Å². The van der Waals surface area contributed by atoms with E-state index in [9.17, 15) is 8.42 Å². The van der Waals surface area contributed by atoms with E-state index in [4.69, 9.17) is 0 Å². The molecule has 0 fully saturated rings. The highest BCUT2D eigenvalue weighted by Gasteiger charge is 2.09. The normalized spacial score (nSPS) is 14.4. The van der Waals surface area contributed by atoms with Crippen molar-refractivity contribution in [2.45, 2.75) is 52.5 Å². The van der Waals surface area contributed by atoms with Gasteiger partial charge in [-0.2, -0.15) is 0 Å². The molecule has 0 aliphatic carbocycles. The fraction of sp³-hybridized carbons (Fsp3) is 0.929. The molecular weight excluding hydrogens is 274 g/mol. The van der Waals surface area contributed by atoms with Crippen LogP contribution in [-0.2, 0) is 9.84 Å². The number of sulfone groups is 1. The van der Waals surface area contributed by atoms with E-state index in [0.717, 1.165) is 24.8 Å². The van der Waals surface area contributed by atoms with Crippen LogP contribution in [0.1, 0.15) is 46.5 Å². The van der Waals surface area contributed by atoms with Crippen LogP contribution < -0.4 is 10.6 Å². The van der Waals surface area contributed by atoms with E-state index in [1.807, 2.05) is 6.92 Å². The molecule has 0 amide bonds. The molecule has 0 bridgehead atoms. The molecule has 1 unspecified atom stereocenters. The lowest BCUT2D eigenvalue weighted by atomic mass is 10.1. The number of unbranched alkanes of at least 4 members (excludes halogenated alkanes) is 1. The third kappa shape index (κ3) is 12.3. The highest BCUT2D eigenvalue weighted by Crippen LogP contribution is 2.05. The minimum atomic E-state index is -2.89. The summed E-state index contributed by atoms with van der Waals surface area (Å²) in [5, 5.41) is 6.47. The minimum Gasteiger partial charge on any atom is -0.356 e. The van der Waals surface area contributed by atoms with Gasteiger partial charge in [0.1, 0.15) is 9.84 Å². The van der Waals surface area contributed by atoms with Crippen LogP contribution in [0.25, 0.3) is 0 Å². The molecule has 5 nitrogen and oxygen atoms in total. The number of hydrogen-bond donors (Lipinski definition) is 2. The van der Waals surface area contributed by atoms with Crippen LogP contribution in [0.4, 0.5) is 0 Å². The number of rotatable bonds is 9. The molecule has 0 aromatic carbocycles. The number of nitrogens with one attached hydrogen (secondary N) is 2. The van der Waals surface area contributed by atoms with Crippen LogP contribution in [0, 0.1) is 5.92 Å². The summed E-state index contributed by atoms with van der Waals surface area (Å²) in [4.78, 5) is 4.15. The first-order valence-corrected chi connectivity index (χ1v) is 9.45. The fourth-order valence-corrected chi connectivity index (χ4v) is 2.56. The Morgan fingerprint density at radius 3 is 2.30 bits per heavy atom. The molecule has 0 saturated carbocycles. The van der Waals surface area contributed by atoms with Crippen LogP contribution in [0.5, 0.6) is 0 Å². The molecule has 0 rings (SSSR count). The van der Waals surface area contributed by atoms with Gasteiger partial charge in [0.15, 0.2) is 5.96 Å². The highest BCUT2D eigenvalue weighted by atomic mass is 32.2. The van der Waals surface area contributed by atoms with Gasteiger partial charge in [-0.3, -0.25) is 4.99 Å². The summed E-state index contributed by atoms with van der Waals surface area (Å²) in [6.45, 7) is 7.33. The van der Waals surface area contributed by atoms with Crippen LogP contribution in [0.15, 0.2) is 4.99 Å². The maximum Gasteiger partial charge on any atom is 0.191 e. The van der Waals surface area contributed by atoms with Gasteiger partial charge in [0.25, 0.3) is 0 Å². The van der Waals surface area contributed by atoms with E-state index in [1.54, 1.807) is 7.05 Å². The zero-order chi connectivity index (χ0) is 15.6. The first-order chi connectivity index (χ1) is 9.24. The molecule has 20 heavy (non-hydrogen) atoms. The Morgan fingerprint density at radius 2 is 1.80 bits per heavy atom. The minimum absolute atomic E-state index is 0.0894. The second kappa shape index (κ2) is 10.0. The smallest absolute Gasteiger partial charge is 0.191 e. The Bertz CT molecular complexity index is 378. The average molecular weight is 305 g/mol. The summed E-state index contributed by atoms with van der Waals surface area (Å²) in [6, 6.07) is 0.0894. The van der Waals surface area contributed by atoms with Crippen LogP contribution in [-0.4, -0.2) is 46.0 Å². The molecule has 0 aromatic rings. The summed E-state index contributed by atoms with van der Waals surface area (Å²) < 4.78 is 22.2. The number of guanidine groups is 1. The second-order valence-corrected chi connectivity index (χ2v) is 8.11. The van der Waals surface area contributed by atoms with Gasteiger partial charge in [-0.15, -0.1) is 0 Å². The molecule has 0 spiro atoms. The van der Waals surface area contributed by atoms with E-state index in [1.165, 1.54) is 19.1 Å². The lowest BCUT2D eigenvalue weighted by molar-refractivity contribution is 0.532. The van der Waals surface area contributed by atoms with Crippen molar-refractivity contribution in [2.24, 2.45) is 10.9 Å². The molecule has 0 heterocycles. The standard InChI is InChI=1S/C14H31N3O2S/c1-12(2)8-6-7-10-16-14(15-4)17-13(3)9-11-20(5,18)19/h12-13H,6-11H2,1-5H3,(H2,15,16,17). The SMILES string of the molecule is CN=C(NCCCCC(C)C)NC(C)CCS(C)(=O)=O. The first kappa shape index (κ1) is 19.2. The fourth-order valence-electron chi connectivity index (χ4n) is 1.78. The third-order valence-corrected chi connectivity index (χ3v) is 4.01. The molecule has 0 saturated heterocycles. The average Bonchev–Trinajstić information content (AvgIpc) is 2.33. The Morgan fingerprint density at radius 1 is 1.15 bits per heavy atom. The van der Waals surface area contributed by atoms with Gasteiger partial charge in [-0.1, -0.05) is 26.7 Å². The third-order valence-electron chi connectivity index (χ3n) is 3.03. The molecular formula is C14H31N3O2S. The molecule has 1 atom stereocenters. The van der Waals surface area contributed by atoms with Crippen LogP contribution >= 0.6 is 0 Å². The van der Waals surface area contributed by atoms with E-state index < -0.39 is 9.84 Å². The van der Waals surface area contributed by atoms with E-state index in [0.29, 0.717) is 6.42 Å². The maximum atomic E-state index is 11.1. The van der Waals surface area contributed by atoms with Crippen LogP contribution in [0.3, 0.4) is 0 Å². The summed E-state index contributed by atoms with van der Waals surface area (Å²) in [5.41, 5.74) is 0. The second-order valence-electron chi connectivity index (χ2n) is 5.85. The first-order valence-electron chi connectivity index (χ1n) is 7.39. The molecule has 0 aliphatic heterocycles. The van der Waals surface area contributed by atoms with Crippen molar-refractivity contribution in [1.29, 1.82) is 0 Å². The van der Waals surface area contributed by atoms with Crippen LogP contribution in [0.2, 0.25) is 0 Å². The van der Waals surface area contributed by atoms with Crippen molar-refractivity contribution in [3.05, 3.63) is 0 Å². The number of hydrogen-bond acceptors (Lipinski definition) is 3. The Labute approximate surface area is 124 Å². The summed E-state index contributed by atoms with van der Waals surface area (Å²) in [6.07, 6.45) is 5.44. The monoisotopic (exact) mass is 305 g/mol. The summed E-state index contributed by atoms with van der Waals surface area (Å²) >= 11 is 0. The maximum absolute atomic E-state index is 11.1. The van der Waals surface area contributed by atoms with Crippen molar-refractivity contribution < 1.29 is 8.42 Å². The zero-order valence-corrected chi connectivity index (χ0v) is 14.4. The van der Waals surface area contributed by atoms with Crippen molar-refractivity contribution in [3.8, 4) is 0 Å². The number of nitrogens with zero attached hydrogens (tertiary/aromatic N) is 1. The number of aliphatic imine (C=N–C) groups is 1. The molecule has 120 valence electrons. The van der Waals surface area contributed by atoms with Gasteiger partial charge in [-0.05, 0) is 25.7 Å². The topological polar surface area (TPSA) is 70.6 Å². The van der Waals surface area contributed by atoms with Gasteiger partial charge >= 0.3 is 0 Å². The Kier molecular flexibility index (Phi) is 9.63. The van der Waals surface area contributed by atoms with Gasteiger partial charge in [-0.25, -0.2) is 8.42 Å². The van der Waals surface area contributed by atoms with E-state index in [-0.39, 0.29) is 11.8 Å². The predicted molar refractivity (Wildman–Crippen MR) is 87.0 cm³/mol. The highest BCUT2D eigenvalue weighted by molar-refractivity contribution is 7.90. The lowest BCUT2D eigenvalue weighted by Gasteiger charge is -2.17. The van der Waals surface area contributed by atoms with Gasteiger partial charge in [0, 0.05) is 25.9 Å². The van der Waals surface area contributed by atoms with Gasteiger partial charge in [0.05, 0.1) is 5.75 Å². The Balaban J connectivity index is 3.86. The van der Waals surface area contributed by atoms with Crippen molar-refractivity contribution in [1.82, 2.24) is 10.6 Å². The van der Waals surface area contributed by atoms with E-state index >= 15 is 0 Å². The van der Waals surface area contributed by atoms with Gasteiger partial charge in [0.2, 0.25) is 0 Å².